The summed E-state index contributed by atoms with van der Waals surface area (Å²) in [6, 6.07) is 1.04. The first-order valence-corrected chi connectivity index (χ1v) is 6.40. The number of nitrogens with one attached hydrogen (secondary N) is 1. The van der Waals surface area contributed by atoms with E-state index in [1.165, 1.54) is 0 Å². The Kier molecular flexibility index (Phi) is 6.91. The fourth-order valence-electron chi connectivity index (χ4n) is 1.50. The summed E-state index contributed by atoms with van der Waals surface area (Å²) in [5.41, 5.74) is -0.639. The molecule has 0 radical (unpaired) electrons. The van der Waals surface area contributed by atoms with Crippen molar-refractivity contribution in [2.24, 2.45) is 0 Å². The van der Waals surface area contributed by atoms with Crippen molar-refractivity contribution in [2.75, 3.05) is 13.1 Å². The highest BCUT2D eigenvalue weighted by atomic mass is 16.6. The van der Waals surface area contributed by atoms with E-state index in [2.05, 4.69) is 5.32 Å². The molecular weight excluding hydrogens is 246 g/mol. The van der Waals surface area contributed by atoms with E-state index in [9.17, 15) is 9.59 Å². The van der Waals surface area contributed by atoms with Crippen LogP contribution in [-0.2, 0) is 9.53 Å². The van der Waals surface area contributed by atoms with Gasteiger partial charge >= 0.3 is 6.09 Å². The van der Waals surface area contributed by atoms with E-state index in [0.29, 0.717) is 13.1 Å². The molecule has 1 atom stereocenters. The van der Waals surface area contributed by atoms with Gasteiger partial charge < -0.3 is 15.0 Å². The molecule has 6 heteroatoms. The molecule has 0 aromatic heterocycles. The average Bonchev–Trinajstić information content (AvgIpc) is 2.27. The Hall–Kier alpha value is -1.77. The Bertz CT molecular complexity index is 351. The highest BCUT2D eigenvalue weighted by Gasteiger charge is 2.26. The van der Waals surface area contributed by atoms with Crippen molar-refractivity contribution < 1.29 is 14.3 Å². The fraction of sp³-hybridized carbons (Fsp3) is 0.769. The SMILES string of the molecule is CCN(CC)C(=O)[C@H](CC#N)NC(=O)OC(C)(C)C. The third-order valence-corrected chi connectivity index (χ3v) is 2.36. The van der Waals surface area contributed by atoms with Crippen LogP contribution in [0, 0.1) is 11.3 Å². The van der Waals surface area contributed by atoms with Crippen LogP contribution in [0.5, 0.6) is 0 Å². The number of likely N-dealkylation sites (N-methyl/N-ethyl adjacent to an activating group) is 1. The molecule has 0 aromatic carbocycles. The van der Waals surface area contributed by atoms with E-state index in [4.69, 9.17) is 10.00 Å². The third-order valence-electron chi connectivity index (χ3n) is 2.36. The Morgan fingerprint density at radius 3 is 2.21 bits per heavy atom. The molecule has 0 spiro atoms. The summed E-state index contributed by atoms with van der Waals surface area (Å²) in [7, 11) is 0. The first kappa shape index (κ1) is 17.2. The van der Waals surface area contributed by atoms with Gasteiger partial charge in [-0.3, -0.25) is 4.79 Å². The molecule has 19 heavy (non-hydrogen) atoms. The summed E-state index contributed by atoms with van der Waals surface area (Å²) in [6.07, 6.45) is -0.762. The normalized spacial score (nSPS) is 12.2. The fourth-order valence-corrected chi connectivity index (χ4v) is 1.50. The maximum atomic E-state index is 12.1. The van der Waals surface area contributed by atoms with Gasteiger partial charge in [0.15, 0.2) is 0 Å². The lowest BCUT2D eigenvalue weighted by Gasteiger charge is -2.26. The lowest BCUT2D eigenvalue weighted by atomic mass is 10.2. The molecule has 0 rings (SSSR count). The monoisotopic (exact) mass is 269 g/mol. The number of rotatable bonds is 5. The van der Waals surface area contributed by atoms with E-state index in [1.807, 2.05) is 19.9 Å². The van der Waals surface area contributed by atoms with Crippen LogP contribution in [0.2, 0.25) is 0 Å². The molecule has 2 amide bonds. The minimum atomic E-state index is -0.861. The highest BCUT2D eigenvalue weighted by molar-refractivity contribution is 5.86. The summed E-state index contributed by atoms with van der Waals surface area (Å²) >= 11 is 0. The van der Waals surface area contributed by atoms with Gasteiger partial charge in [-0.15, -0.1) is 0 Å². The van der Waals surface area contributed by atoms with Gasteiger partial charge in [-0.05, 0) is 34.6 Å². The Morgan fingerprint density at radius 1 is 1.32 bits per heavy atom. The maximum absolute atomic E-state index is 12.1. The van der Waals surface area contributed by atoms with Crippen molar-refractivity contribution in [2.45, 2.75) is 52.7 Å². The van der Waals surface area contributed by atoms with E-state index >= 15 is 0 Å². The highest BCUT2D eigenvalue weighted by Crippen LogP contribution is 2.08. The lowest BCUT2D eigenvalue weighted by Crippen LogP contribution is -2.49. The van der Waals surface area contributed by atoms with Gasteiger partial charge in [-0.2, -0.15) is 5.26 Å². The number of ether oxygens (including phenoxy) is 1. The van der Waals surface area contributed by atoms with Crippen molar-refractivity contribution in [1.29, 1.82) is 5.26 Å². The van der Waals surface area contributed by atoms with Gasteiger partial charge in [-0.25, -0.2) is 4.79 Å². The number of carbonyl (C=O) groups excluding carboxylic acids is 2. The molecule has 0 aliphatic rings. The largest absolute Gasteiger partial charge is 0.444 e. The summed E-state index contributed by atoms with van der Waals surface area (Å²) in [4.78, 5) is 25.3. The van der Waals surface area contributed by atoms with Gasteiger partial charge in [0.1, 0.15) is 11.6 Å². The van der Waals surface area contributed by atoms with E-state index in [-0.39, 0.29) is 12.3 Å². The first-order valence-electron chi connectivity index (χ1n) is 6.40. The minimum Gasteiger partial charge on any atom is -0.444 e. The predicted octanol–water partition coefficient (Wildman–Crippen LogP) is 1.66. The molecule has 0 heterocycles. The molecule has 0 aliphatic carbocycles. The van der Waals surface area contributed by atoms with Crippen LogP contribution >= 0.6 is 0 Å². The molecule has 0 aliphatic heterocycles. The second-order valence-corrected chi connectivity index (χ2v) is 5.07. The zero-order chi connectivity index (χ0) is 15.1. The quantitative estimate of drug-likeness (QED) is 0.822. The number of alkyl carbamates (subject to hydrolysis) is 1. The molecule has 0 fully saturated rings. The molecule has 0 saturated heterocycles. The van der Waals surface area contributed by atoms with Crippen LogP contribution in [0.25, 0.3) is 0 Å². The third kappa shape index (κ3) is 6.65. The lowest BCUT2D eigenvalue weighted by molar-refractivity contribution is -0.133. The Balaban J connectivity index is 4.70. The molecule has 1 N–H and O–H groups in total. The van der Waals surface area contributed by atoms with E-state index in [1.54, 1.807) is 25.7 Å². The van der Waals surface area contributed by atoms with E-state index in [0.717, 1.165) is 0 Å². The van der Waals surface area contributed by atoms with Gasteiger partial charge in [-0.1, -0.05) is 0 Å². The average molecular weight is 269 g/mol. The van der Waals surface area contributed by atoms with Crippen molar-refractivity contribution in [1.82, 2.24) is 10.2 Å². The van der Waals surface area contributed by atoms with Crippen molar-refractivity contribution in [3.8, 4) is 6.07 Å². The zero-order valence-corrected chi connectivity index (χ0v) is 12.3. The van der Waals surface area contributed by atoms with Crippen LogP contribution in [-0.4, -0.2) is 41.6 Å². The molecule has 6 nitrogen and oxygen atoms in total. The van der Waals surface area contributed by atoms with Gasteiger partial charge in [0.25, 0.3) is 0 Å². The summed E-state index contributed by atoms with van der Waals surface area (Å²) in [6.45, 7) is 9.96. The number of hydrogen-bond donors (Lipinski definition) is 1. The second-order valence-electron chi connectivity index (χ2n) is 5.07. The topological polar surface area (TPSA) is 82.4 Å². The van der Waals surface area contributed by atoms with Crippen molar-refractivity contribution in [3.05, 3.63) is 0 Å². The summed E-state index contributed by atoms with van der Waals surface area (Å²) < 4.78 is 5.08. The zero-order valence-electron chi connectivity index (χ0n) is 12.3. The number of hydrogen-bond acceptors (Lipinski definition) is 4. The predicted molar refractivity (Wildman–Crippen MR) is 71.3 cm³/mol. The van der Waals surface area contributed by atoms with Crippen molar-refractivity contribution in [3.63, 3.8) is 0 Å². The van der Waals surface area contributed by atoms with Crippen LogP contribution in [0.4, 0.5) is 4.79 Å². The molecule has 0 saturated carbocycles. The number of nitrogens with zero attached hydrogens (tertiary/aromatic N) is 2. The van der Waals surface area contributed by atoms with Crippen LogP contribution in [0.1, 0.15) is 41.0 Å². The van der Waals surface area contributed by atoms with Gasteiger partial charge in [0.2, 0.25) is 5.91 Å². The van der Waals surface area contributed by atoms with Crippen LogP contribution < -0.4 is 5.32 Å². The van der Waals surface area contributed by atoms with Gasteiger partial charge in [0.05, 0.1) is 12.5 Å². The van der Waals surface area contributed by atoms with Crippen LogP contribution in [0.3, 0.4) is 0 Å². The number of nitriles is 1. The molecule has 0 aromatic rings. The number of amides is 2. The molecule has 0 unspecified atom stereocenters. The molecular formula is C13H23N3O3. The van der Waals surface area contributed by atoms with E-state index < -0.39 is 17.7 Å². The van der Waals surface area contributed by atoms with Crippen molar-refractivity contribution >= 4 is 12.0 Å². The Morgan fingerprint density at radius 2 is 1.84 bits per heavy atom. The summed E-state index contributed by atoms with van der Waals surface area (Å²) in [5.74, 6) is -0.266. The smallest absolute Gasteiger partial charge is 0.408 e. The second kappa shape index (κ2) is 7.62. The molecule has 108 valence electrons. The van der Waals surface area contributed by atoms with Crippen LogP contribution in [0.15, 0.2) is 0 Å². The first-order chi connectivity index (χ1) is 8.75. The Labute approximate surface area is 114 Å². The number of carbonyl (C=O) groups is 2. The standard InChI is InChI=1S/C13H23N3O3/c1-6-16(7-2)11(17)10(8-9-14)15-12(18)19-13(3,4)5/h10H,6-8H2,1-5H3,(H,15,18)/t10-/m0/s1. The molecule has 0 bridgehead atoms. The maximum Gasteiger partial charge on any atom is 0.408 e. The minimum absolute atomic E-state index is 0.0748. The summed E-state index contributed by atoms with van der Waals surface area (Å²) in [5, 5.41) is 11.2. The van der Waals surface area contributed by atoms with Gasteiger partial charge in [0, 0.05) is 13.1 Å².